The van der Waals surface area contributed by atoms with Crippen LogP contribution < -0.4 is 4.74 Å². The Labute approximate surface area is 138 Å². The molecule has 1 aromatic heterocycles. The number of halogens is 1. The molecule has 0 aliphatic carbocycles. The summed E-state index contributed by atoms with van der Waals surface area (Å²) >= 11 is 6.26. The summed E-state index contributed by atoms with van der Waals surface area (Å²) in [4.78, 5) is 15.3. The summed E-state index contributed by atoms with van der Waals surface area (Å²) in [5.41, 5.74) is 0.544. The van der Waals surface area contributed by atoms with Crippen LogP contribution in [0.5, 0.6) is 5.75 Å². The topological polar surface area (TPSA) is 64.3 Å². The van der Waals surface area contributed by atoms with Crippen molar-refractivity contribution in [1.82, 2.24) is 9.55 Å². The number of nitrogens with zero attached hydrogens (tertiary/aromatic N) is 2. The summed E-state index contributed by atoms with van der Waals surface area (Å²) in [6, 6.07) is 3.46. The van der Waals surface area contributed by atoms with Crippen LogP contribution in [0.3, 0.4) is 0 Å². The van der Waals surface area contributed by atoms with Crippen molar-refractivity contribution in [2.75, 3.05) is 6.61 Å². The van der Waals surface area contributed by atoms with Crippen LogP contribution in [-0.2, 0) is 6.54 Å². The van der Waals surface area contributed by atoms with Gasteiger partial charge in [0.1, 0.15) is 29.5 Å². The van der Waals surface area contributed by atoms with E-state index in [1.165, 1.54) is 0 Å². The molecule has 0 fully saturated rings. The summed E-state index contributed by atoms with van der Waals surface area (Å²) in [5.74, 6) is 6.86. The number of aldehydes is 1. The van der Waals surface area contributed by atoms with Crippen LogP contribution in [0.1, 0.15) is 29.9 Å². The van der Waals surface area contributed by atoms with E-state index in [4.69, 9.17) is 16.3 Å². The maximum Gasteiger partial charge on any atom is 0.170 e. The largest absolute Gasteiger partial charge is 0.491 e. The van der Waals surface area contributed by atoms with Crippen LogP contribution >= 0.6 is 11.6 Å². The van der Waals surface area contributed by atoms with Gasteiger partial charge in [-0.2, -0.15) is 0 Å². The van der Waals surface area contributed by atoms with Crippen molar-refractivity contribution < 1.29 is 14.6 Å². The molecule has 1 aliphatic rings. The number of benzene rings is 1. The van der Waals surface area contributed by atoms with Gasteiger partial charge in [-0.15, -0.1) is 0 Å². The van der Waals surface area contributed by atoms with E-state index in [-0.39, 0.29) is 0 Å². The minimum atomic E-state index is -1.12. The molecule has 1 aliphatic heterocycles. The molecule has 6 heteroatoms. The molecule has 0 saturated heterocycles. The van der Waals surface area contributed by atoms with Gasteiger partial charge in [0.05, 0.1) is 17.1 Å². The Morgan fingerprint density at radius 1 is 1.48 bits per heavy atom. The minimum absolute atomic E-state index is 0.368. The molecule has 1 aromatic carbocycles. The van der Waals surface area contributed by atoms with Gasteiger partial charge in [-0.25, -0.2) is 4.98 Å². The van der Waals surface area contributed by atoms with E-state index in [1.807, 2.05) is 4.57 Å². The standard InChI is InChI=1S/C17H15ClN2O3/c1-17(2,22)4-3-11-7-13-15(8-14(11)18)23-6-5-20-9-12(10-21)19-16(13)20/h7-10,22H,5-6H2,1-2H3. The molecule has 2 aromatic rings. The summed E-state index contributed by atoms with van der Waals surface area (Å²) in [6.45, 7) is 4.25. The van der Waals surface area contributed by atoms with Gasteiger partial charge in [-0.05, 0) is 19.9 Å². The van der Waals surface area contributed by atoms with Gasteiger partial charge < -0.3 is 14.4 Å². The molecular formula is C17H15ClN2O3. The highest BCUT2D eigenvalue weighted by Crippen LogP contribution is 2.36. The third-order valence-corrected chi connectivity index (χ3v) is 3.63. The average Bonchev–Trinajstić information content (AvgIpc) is 2.82. The number of hydrogen-bond acceptors (Lipinski definition) is 4. The van der Waals surface area contributed by atoms with Crippen molar-refractivity contribution >= 4 is 17.9 Å². The van der Waals surface area contributed by atoms with E-state index >= 15 is 0 Å². The first-order valence-electron chi connectivity index (χ1n) is 7.12. The molecule has 0 saturated carbocycles. The number of carbonyl (C=O) groups is 1. The van der Waals surface area contributed by atoms with Gasteiger partial charge in [0.25, 0.3) is 0 Å². The normalized spacial score (nSPS) is 13.0. The lowest BCUT2D eigenvalue weighted by molar-refractivity contribution is 0.111. The summed E-state index contributed by atoms with van der Waals surface area (Å²) in [5, 5.41) is 10.2. The Morgan fingerprint density at radius 2 is 2.26 bits per heavy atom. The summed E-state index contributed by atoms with van der Waals surface area (Å²) in [6.07, 6.45) is 2.41. The van der Waals surface area contributed by atoms with Crippen LogP contribution in [0.2, 0.25) is 5.02 Å². The predicted molar refractivity (Wildman–Crippen MR) is 86.7 cm³/mol. The molecule has 0 bridgehead atoms. The Kier molecular flexibility index (Phi) is 3.88. The van der Waals surface area contributed by atoms with Crippen LogP contribution in [0.15, 0.2) is 18.3 Å². The highest BCUT2D eigenvalue weighted by atomic mass is 35.5. The Morgan fingerprint density at radius 3 is 2.96 bits per heavy atom. The van der Waals surface area contributed by atoms with Gasteiger partial charge in [0.2, 0.25) is 0 Å². The number of rotatable bonds is 1. The van der Waals surface area contributed by atoms with Crippen molar-refractivity contribution in [3.8, 4) is 29.0 Å². The second-order valence-electron chi connectivity index (χ2n) is 5.79. The van der Waals surface area contributed by atoms with Crippen molar-refractivity contribution in [3.05, 3.63) is 34.6 Å². The molecule has 1 N–H and O–H groups in total. The second-order valence-corrected chi connectivity index (χ2v) is 6.19. The fourth-order valence-corrected chi connectivity index (χ4v) is 2.50. The number of aliphatic hydroxyl groups is 1. The lowest BCUT2D eigenvalue weighted by Gasteiger charge is -2.09. The predicted octanol–water partition coefficient (Wildman–Crippen LogP) is 2.53. The van der Waals surface area contributed by atoms with E-state index in [1.54, 1.807) is 32.2 Å². The monoisotopic (exact) mass is 330 g/mol. The molecule has 3 rings (SSSR count). The van der Waals surface area contributed by atoms with E-state index in [2.05, 4.69) is 16.8 Å². The zero-order valence-electron chi connectivity index (χ0n) is 12.8. The number of hydrogen-bond donors (Lipinski definition) is 1. The van der Waals surface area contributed by atoms with E-state index in [0.717, 1.165) is 5.56 Å². The maximum atomic E-state index is 11.0. The Bertz CT molecular complexity index is 838. The third kappa shape index (κ3) is 3.24. The van der Waals surface area contributed by atoms with Crippen LogP contribution in [-0.4, -0.2) is 33.2 Å². The average molecular weight is 331 g/mol. The number of imidazole rings is 1. The zero-order chi connectivity index (χ0) is 16.6. The van der Waals surface area contributed by atoms with Crippen molar-refractivity contribution in [2.24, 2.45) is 0 Å². The molecule has 0 radical (unpaired) electrons. The molecule has 0 unspecified atom stereocenters. The quantitative estimate of drug-likeness (QED) is 0.644. The second kappa shape index (κ2) is 5.73. The summed E-state index contributed by atoms with van der Waals surface area (Å²) in [7, 11) is 0. The first kappa shape index (κ1) is 15.6. The molecule has 2 heterocycles. The van der Waals surface area contributed by atoms with Crippen LogP contribution in [0.4, 0.5) is 0 Å². The molecule has 23 heavy (non-hydrogen) atoms. The number of carbonyl (C=O) groups excluding carboxylic acids is 1. The van der Waals surface area contributed by atoms with Gasteiger partial charge in [0.15, 0.2) is 6.29 Å². The number of fused-ring (bicyclic) bond motifs is 3. The van der Waals surface area contributed by atoms with E-state index in [0.29, 0.717) is 47.3 Å². The smallest absolute Gasteiger partial charge is 0.170 e. The summed E-state index contributed by atoms with van der Waals surface area (Å²) < 4.78 is 7.58. The molecule has 118 valence electrons. The van der Waals surface area contributed by atoms with Crippen LogP contribution in [0.25, 0.3) is 11.4 Å². The zero-order valence-corrected chi connectivity index (χ0v) is 13.5. The van der Waals surface area contributed by atoms with Crippen molar-refractivity contribution in [1.29, 1.82) is 0 Å². The molecule has 0 atom stereocenters. The molecule has 0 amide bonds. The fourth-order valence-electron chi connectivity index (χ4n) is 2.30. The minimum Gasteiger partial charge on any atom is -0.491 e. The Hall–Kier alpha value is -2.29. The molecule has 0 spiro atoms. The SMILES string of the molecule is CC(C)(O)C#Cc1cc2c(cc1Cl)OCCn1cc(C=O)nc1-2. The first-order valence-corrected chi connectivity index (χ1v) is 7.50. The van der Waals surface area contributed by atoms with Gasteiger partial charge >= 0.3 is 0 Å². The fraction of sp³-hybridized carbons (Fsp3) is 0.294. The number of aromatic nitrogens is 2. The highest BCUT2D eigenvalue weighted by molar-refractivity contribution is 6.32. The van der Waals surface area contributed by atoms with E-state index in [9.17, 15) is 9.90 Å². The van der Waals surface area contributed by atoms with Crippen molar-refractivity contribution in [3.63, 3.8) is 0 Å². The molecular weight excluding hydrogens is 316 g/mol. The van der Waals surface area contributed by atoms with Crippen LogP contribution in [0, 0.1) is 11.8 Å². The Balaban J connectivity index is 2.16. The van der Waals surface area contributed by atoms with Gasteiger partial charge in [0, 0.05) is 17.8 Å². The molecule has 5 nitrogen and oxygen atoms in total. The number of ether oxygens (including phenoxy) is 1. The third-order valence-electron chi connectivity index (χ3n) is 3.32. The maximum absolute atomic E-state index is 11.0. The van der Waals surface area contributed by atoms with E-state index < -0.39 is 5.60 Å². The first-order chi connectivity index (χ1) is 10.9. The van der Waals surface area contributed by atoms with Gasteiger partial charge in [-0.1, -0.05) is 23.4 Å². The highest BCUT2D eigenvalue weighted by Gasteiger charge is 2.20. The lowest BCUT2D eigenvalue weighted by atomic mass is 10.1. The van der Waals surface area contributed by atoms with Gasteiger partial charge in [-0.3, -0.25) is 4.79 Å². The lowest BCUT2D eigenvalue weighted by Crippen LogP contribution is -2.14. The van der Waals surface area contributed by atoms with Crippen molar-refractivity contribution in [2.45, 2.75) is 26.0 Å².